The smallest absolute Gasteiger partial charge is 0.165 e. The molecule has 0 saturated carbocycles. The van der Waals surface area contributed by atoms with Gasteiger partial charge in [0, 0.05) is 22.8 Å². The van der Waals surface area contributed by atoms with Crippen LogP contribution in [0.3, 0.4) is 0 Å². The molecule has 0 aliphatic carbocycles. The average molecular weight is 438 g/mol. The van der Waals surface area contributed by atoms with E-state index in [9.17, 15) is 0 Å². The van der Waals surface area contributed by atoms with Crippen molar-refractivity contribution in [2.75, 3.05) is 19.0 Å². The Balaban J connectivity index is 1.80. The number of benzene rings is 3. The number of methoxy groups -OCH3 is 1. The van der Waals surface area contributed by atoms with Gasteiger partial charge in [0.25, 0.3) is 0 Å². The van der Waals surface area contributed by atoms with Crippen molar-refractivity contribution in [3.63, 3.8) is 0 Å². The lowest BCUT2D eigenvalue weighted by molar-refractivity contribution is 0.267. The molecule has 0 aromatic heterocycles. The second kappa shape index (κ2) is 11.3. The molecule has 0 saturated heterocycles. The summed E-state index contributed by atoms with van der Waals surface area (Å²) in [6.45, 7) is 7.52. The van der Waals surface area contributed by atoms with Crippen LogP contribution in [0.2, 0.25) is 5.02 Å². The third-order valence-corrected chi connectivity index (χ3v) is 4.99. The molecule has 31 heavy (non-hydrogen) atoms. The SMILES string of the molecule is C=CCc1cc(CNc2ccc(OC)cc2)cc(OCC)c1OCc1ccc(Cl)cc1. The lowest BCUT2D eigenvalue weighted by atomic mass is 10.0. The van der Waals surface area contributed by atoms with Crippen LogP contribution in [-0.4, -0.2) is 13.7 Å². The van der Waals surface area contributed by atoms with Crippen LogP contribution in [-0.2, 0) is 19.6 Å². The Kier molecular flexibility index (Phi) is 8.25. The summed E-state index contributed by atoms with van der Waals surface area (Å²) in [7, 11) is 1.66. The zero-order valence-corrected chi connectivity index (χ0v) is 18.7. The minimum Gasteiger partial charge on any atom is -0.497 e. The van der Waals surface area contributed by atoms with E-state index < -0.39 is 0 Å². The molecule has 0 heterocycles. The maximum atomic E-state index is 6.19. The fourth-order valence-corrected chi connectivity index (χ4v) is 3.33. The van der Waals surface area contributed by atoms with Gasteiger partial charge in [0.15, 0.2) is 11.5 Å². The maximum Gasteiger partial charge on any atom is 0.165 e. The number of rotatable bonds is 11. The molecule has 1 N–H and O–H groups in total. The molecule has 5 heteroatoms. The molecule has 3 aromatic carbocycles. The van der Waals surface area contributed by atoms with E-state index in [2.05, 4.69) is 18.0 Å². The standard InChI is InChI=1S/C26H28ClNO3/c1-4-6-21-15-20(17-28-23-11-13-24(29-3)14-12-23)16-25(30-5-2)26(21)31-18-19-7-9-22(27)10-8-19/h4,7-16,28H,1,5-6,17-18H2,2-3H3. The van der Waals surface area contributed by atoms with Gasteiger partial charge in [-0.05, 0) is 73.0 Å². The van der Waals surface area contributed by atoms with Crippen molar-refractivity contribution >= 4 is 17.3 Å². The van der Waals surface area contributed by atoms with Crippen LogP contribution < -0.4 is 19.5 Å². The van der Waals surface area contributed by atoms with Crippen molar-refractivity contribution in [1.82, 2.24) is 0 Å². The van der Waals surface area contributed by atoms with Crippen molar-refractivity contribution in [1.29, 1.82) is 0 Å². The lowest BCUT2D eigenvalue weighted by Crippen LogP contribution is -2.06. The summed E-state index contributed by atoms with van der Waals surface area (Å²) in [5, 5.41) is 4.15. The van der Waals surface area contributed by atoms with Gasteiger partial charge in [-0.1, -0.05) is 29.8 Å². The zero-order valence-electron chi connectivity index (χ0n) is 18.0. The number of halogens is 1. The van der Waals surface area contributed by atoms with Gasteiger partial charge in [-0.2, -0.15) is 0 Å². The van der Waals surface area contributed by atoms with Crippen molar-refractivity contribution < 1.29 is 14.2 Å². The first-order chi connectivity index (χ1) is 15.1. The highest BCUT2D eigenvalue weighted by Gasteiger charge is 2.14. The summed E-state index contributed by atoms with van der Waals surface area (Å²) in [6, 6.07) is 19.7. The number of hydrogen-bond donors (Lipinski definition) is 1. The van der Waals surface area contributed by atoms with E-state index in [0.717, 1.165) is 39.6 Å². The van der Waals surface area contributed by atoms with E-state index >= 15 is 0 Å². The predicted octanol–water partition coefficient (Wildman–Crippen LogP) is 6.67. The molecule has 162 valence electrons. The van der Waals surface area contributed by atoms with E-state index in [1.54, 1.807) is 7.11 Å². The first kappa shape index (κ1) is 22.6. The highest BCUT2D eigenvalue weighted by atomic mass is 35.5. The molecule has 0 spiro atoms. The Morgan fingerprint density at radius 2 is 1.71 bits per heavy atom. The maximum absolute atomic E-state index is 6.19. The molecule has 0 fully saturated rings. The third-order valence-electron chi connectivity index (χ3n) is 4.74. The topological polar surface area (TPSA) is 39.7 Å². The summed E-state index contributed by atoms with van der Waals surface area (Å²) in [5.41, 5.74) is 4.21. The van der Waals surface area contributed by atoms with Gasteiger partial charge in [-0.3, -0.25) is 0 Å². The molecular formula is C26H28ClNO3. The fourth-order valence-electron chi connectivity index (χ4n) is 3.21. The molecule has 0 bridgehead atoms. The summed E-state index contributed by atoms with van der Waals surface area (Å²) >= 11 is 5.98. The molecule has 0 aliphatic heterocycles. The minimum absolute atomic E-state index is 0.435. The van der Waals surface area contributed by atoms with E-state index in [1.807, 2.05) is 67.6 Å². The molecule has 3 aromatic rings. The van der Waals surface area contributed by atoms with Crippen LogP contribution in [0.4, 0.5) is 5.69 Å². The van der Waals surface area contributed by atoms with Crippen molar-refractivity contribution in [3.05, 3.63) is 95.0 Å². The van der Waals surface area contributed by atoms with Gasteiger partial charge in [0.2, 0.25) is 0 Å². The zero-order chi connectivity index (χ0) is 22.1. The monoisotopic (exact) mass is 437 g/mol. The molecule has 3 rings (SSSR count). The van der Waals surface area contributed by atoms with Crippen molar-refractivity contribution in [3.8, 4) is 17.2 Å². The van der Waals surface area contributed by atoms with E-state index in [4.69, 9.17) is 25.8 Å². The Morgan fingerprint density at radius 3 is 2.35 bits per heavy atom. The number of ether oxygens (including phenoxy) is 3. The Hall–Kier alpha value is -3.11. The van der Waals surface area contributed by atoms with Gasteiger partial charge in [-0.25, -0.2) is 0 Å². The molecule has 0 aliphatic rings. The summed E-state index contributed by atoms with van der Waals surface area (Å²) in [5.74, 6) is 2.33. The molecular weight excluding hydrogens is 410 g/mol. The molecule has 4 nitrogen and oxygen atoms in total. The number of allylic oxidation sites excluding steroid dienone is 1. The second-order valence-corrected chi connectivity index (χ2v) is 7.44. The number of anilines is 1. The lowest BCUT2D eigenvalue weighted by Gasteiger charge is -2.18. The average Bonchev–Trinajstić information content (AvgIpc) is 2.79. The molecule has 0 amide bonds. The fraction of sp³-hybridized carbons (Fsp3) is 0.231. The normalized spacial score (nSPS) is 10.4. The minimum atomic E-state index is 0.435. The van der Waals surface area contributed by atoms with Crippen LogP contribution in [0.25, 0.3) is 0 Å². The molecule has 0 radical (unpaired) electrons. The van der Waals surface area contributed by atoms with Gasteiger partial charge in [0.1, 0.15) is 12.4 Å². The Labute approximate surface area is 189 Å². The van der Waals surface area contributed by atoms with Gasteiger partial charge in [0.05, 0.1) is 13.7 Å². The molecule has 0 unspecified atom stereocenters. The van der Waals surface area contributed by atoms with Gasteiger partial charge >= 0.3 is 0 Å². The highest BCUT2D eigenvalue weighted by Crippen LogP contribution is 2.35. The van der Waals surface area contributed by atoms with Gasteiger partial charge in [-0.15, -0.1) is 6.58 Å². The van der Waals surface area contributed by atoms with Crippen molar-refractivity contribution in [2.45, 2.75) is 26.5 Å². The summed E-state index contributed by atoms with van der Waals surface area (Å²) in [4.78, 5) is 0. The number of nitrogens with one attached hydrogen (secondary N) is 1. The quantitative estimate of drug-likeness (QED) is 0.340. The van der Waals surface area contributed by atoms with Gasteiger partial charge < -0.3 is 19.5 Å². The largest absolute Gasteiger partial charge is 0.497 e. The Bertz CT molecular complexity index is 985. The van der Waals surface area contributed by atoms with Crippen molar-refractivity contribution in [2.24, 2.45) is 0 Å². The third kappa shape index (κ3) is 6.43. The first-order valence-corrected chi connectivity index (χ1v) is 10.7. The summed E-state index contributed by atoms with van der Waals surface area (Å²) in [6.07, 6.45) is 2.56. The molecule has 0 atom stereocenters. The number of hydrogen-bond acceptors (Lipinski definition) is 4. The van der Waals surface area contributed by atoms with E-state index in [-0.39, 0.29) is 0 Å². The second-order valence-electron chi connectivity index (χ2n) is 7.01. The van der Waals surface area contributed by atoms with E-state index in [0.29, 0.717) is 31.2 Å². The van der Waals surface area contributed by atoms with Crippen LogP contribution >= 0.6 is 11.6 Å². The van der Waals surface area contributed by atoms with Crippen LogP contribution in [0, 0.1) is 0 Å². The Morgan fingerprint density at radius 1 is 0.968 bits per heavy atom. The predicted molar refractivity (Wildman–Crippen MR) is 128 cm³/mol. The van der Waals surface area contributed by atoms with Crippen LogP contribution in [0.1, 0.15) is 23.6 Å². The van der Waals surface area contributed by atoms with Crippen LogP contribution in [0.15, 0.2) is 73.3 Å². The first-order valence-electron chi connectivity index (χ1n) is 10.3. The summed E-state index contributed by atoms with van der Waals surface area (Å²) < 4.78 is 17.3. The van der Waals surface area contributed by atoms with E-state index in [1.165, 1.54) is 0 Å². The highest BCUT2D eigenvalue weighted by molar-refractivity contribution is 6.30. The van der Waals surface area contributed by atoms with Crippen LogP contribution in [0.5, 0.6) is 17.2 Å².